The topological polar surface area (TPSA) is 99.5 Å². The van der Waals surface area contributed by atoms with E-state index in [1.807, 2.05) is 31.5 Å². The van der Waals surface area contributed by atoms with Gasteiger partial charge in [0.2, 0.25) is 0 Å². The molecule has 11 heteroatoms. The van der Waals surface area contributed by atoms with Gasteiger partial charge in [0.15, 0.2) is 14.0 Å². The Morgan fingerprint density at radius 2 is 1.77 bits per heavy atom. The number of aromatic nitrogens is 3. The highest BCUT2D eigenvalue weighted by Gasteiger charge is 2.39. The molecule has 2 aliphatic rings. The molecule has 1 unspecified atom stereocenters. The number of nitrogens with one attached hydrogen (secondary N) is 1. The van der Waals surface area contributed by atoms with Crippen molar-refractivity contribution in [3.63, 3.8) is 0 Å². The van der Waals surface area contributed by atoms with Gasteiger partial charge in [-0.05, 0) is 87.3 Å². The van der Waals surface area contributed by atoms with Crippen LogP contribution in [0.25, 0.3) is 16.9 Å². The first-order chi connectivity index (χ1) is 22.5. The Kier molecular flexibility index (Phi) is 10.8. The lowest BCUT2D eigenvalue weighted by Crippen LogP contribution is -2.46. The van der Waals surface area contributed by atoms with E-state index in [-0.39, 0.29) is 23.3 Å². The predicted molar refractivity (Wildman–Crippen MR) is 194 cm³/mol. The third-order valence-electron chi connectivity index (χ3n) is 9.56. The molecule has 5 rings (SSSR count). The molecule has 48 heavy (non-hydrogen) atoms. The van der Waals surface area contributed by atoms with Gasteiger partial charge >= 0.3 is 6.09 Å². The van der Waals surface area contributed by atoms with Crippen molar-refractivity contribution in [1.82, 2.24) is 19.9 Å². The molecule has 0 radical (unpaired) electrons. The summed E-state index contributed by atoms with van der Waals surface area (Å²) in [6.45, 7) is 25.0. The Morgan fingerprint density at radius 3 is 2.40 bits per heavy atom. The Morgan fingerprint density at radius 1 is 1.06 bits per heavy atom. The number of hydrogen-bond donors (Lipinski definition) is 1. The van der Waals surface area contributed by atoms with E-state index in [2.05, 4.69) is 82.2 Å². The van der Waals surface area contributed by atoms with Gasteiger partial charge in [-0.25, -0.2) is 9.78 Å². The van der Waals surface area contributed by atoms with Gasteiger partial charge in [-0.3, -0.25) is 0 Å². The molecule has 3 heterocycles. The lowest BCUT2D eigenvalue weighted by atomic mass is 10.0. The number of fused-ring (bicyclic) bond motifs is 1. The molecule has 0 spiro atoms. The number of rotatable bonds is 12. The summed E-state index contributed by atoms with van der Waals surface area (Å²) in [7, 11) is -2.13. The van der Waals surface area contributed by atoms with Crippen LogP contribution in [0.1, 0.15) is 97.6 Å². The van der Waals surface area contributed by atoms with Gasteiger partial charge in [0.1, 0.15) is 18.2 Å². The Hall–Kier alpha value is -3.15. The van der Waals surface area contributed by atoms with E-state index < -0.39 is 14.4 Å². The average Bonchev–Trinajstić information content (AvgIpc) is 3.76. The van der Waals surface area contributed by atoms with Crippen LogP contribution in [0, 0.1) is 0 Å². The van der Waals surface area contributed by atoms with Gasteiger partial charge < -0.3 is 28.9 Å². The number of anilines is 1. The molecular formula is C37H57N5O5Si. The summed E-state index contributed by atoms with van der Waals surface area (Å²) in [5, 5.41) is 7.67. The van der Waals surface area contributed by atoms with Crippen LogP contribution in [-0.2, 0) is 13.9 Å². The van der Waals surface area contributed by atoms with Crippen LogP contribution in [0.3, 0.4) is 0 Å². The molecule has 1 aliphatic heterocycles. The Bertz CT molecular complexity index is 1560. The Balaban J connectivity index is 1.43. The van der Waals surface area contributed by atoms with Crippen molar-refractivity contribution in [2.45, 2.75) is 116 Å². The van der Waals surface area contributed by atoms with Gasteiger partial charge in [0.05, 0.1) is 37.8 Å². The van der Waals surface area contributed by atoms with Crippen molar-refractivity contribution in [3.05, 3.63) is 41.6 Å². The first-order valence-electron chi connectivity index (χ1n) is 17.6. The fourth-order valence-corrected chi connectivity index (χ4v) is 7.00. The number of morpholine rings is 1. The van der Waals surface area contributed by atoms with E-state index >= 15 is 0 Å². The summed E-state index contributed by atoms with van der Waals surface area (Å²) in [6.07, 6.45) is 4.20. The van der Waals surface area contributed by atoms with Crippen LogP contribution in [0.5, 0.6) is 5.75 Å². The molecular weight excluding hydrogens is 623 g/mol. The highest BCUT2D eigenvalue weighted by Crippen LogP contribution is 2.43. The first kappa shape index (κ1) is 36.1. The van der Waals surface area contributed by atoms with E-state index in [0.29, 0.717) is 38.1 Å². The fraction of sp³-hybridized carbons (Fsp3) is 0.649. The van der Waals surface area contributed by atoms with Crippen LogP contribution in [-0.4, -0.2) is 80.2 Å². The van der Waals surface area contributed by atoms with Crippen molar-refractivity contribution in [3.8, 4) is 17.0 Å². The molecule has 1 N–H and O–H groups in total. The Labute approximate surface area is 288 Å². The molecule has 10 nitrogen and oxygen atoms in total. The number of benzene rings is 1. The number of alkyl carbamates (subject to hydrolysis) is 1. The van der Waals surface area contributed by atoms with Crippen molar-refractivity contribution in [2.75, 3.05) is 44.4 Å². The minimum atomic E-state index is -2.13. The zero-order valence-corrected chi connectivity index (χ0v) is 31.8. The zero-order chi connectivity index (χ0) is 34.9. The van der Waals surface area contributed by atoms with Crippen LogP contribution in [0.4, 0.5) is 10.6 Å². The lowest BCUT2D eigenvalue weighted by Gasteiger charge is -2.39. The van der Waals surface area contributed by atoms with Crippen molar-refractivity contribution < 1.29 is 23.4 Å². The highest BCUT2D eigenvalue weighted by molar-refractivity contribution is 6.74. The number of carbonyl (C=O) groups excluding carboxylic acids is 1. The third-order valence-corrected chi connectivity index (χ3v) is 14.1. The summed E-state index contributed by atoms with van der Waals surface area (Å²) in [5.41, 5.74) is 4.88. The summed E-state index contributed by atoms with van der Waals surface area (Å²) in [5.74, 6) is 2.66. The normalized spacial score (nSPS) is 16.8. The predicted octanol–water partition coefficient (Wildman–Crippen LogP) is 7.92. The standard InChI is InChI=1S/C37H57N5O5Si/c1-25(2)31-23-38-42-33(41-14-17-44-18-15-41)22-32(39-34(31)42)28-19-27(26-11-12-26)20-30(21-28)46-24-29(47-48(9,10)37(6,7)8)13-16-45-35(43)40-36(3,4)5/h19-23,25-26,29H,11-18,24H2,1-10H3,(H,40,43). The monoisotopic (exact) mass is 679 g/mol. The van der Waals surface area contributed by atoms with Gasteiger partial charge in [0.25, 0.3) is 0 Å². The van der Waals surface area contributed by atoms with Crippen molar-refractivity contribution in [2.24, 2.45) is 0 Å². The number of amides is 1. The second-order valence-corrected chi connectivity index (χ2v) is 21.0. The zero-order valence-electron chi connectivity index (χ0n) is 30.8. The number of carbonyl (C=O) groups is 1. The molecule has 264 valence electrons. The molecule has 2 fully saturated rings. The number of nitrogens with zero attached hydrogens (tertiary/aromatic N) is 4. The first-order valence-corrected chi connectivity index (χ1v) is 20.5. The number of hydrogen-bond acceptors (Lipinski definition) is 8. The average molecular weight is 680 g/mol. The molecule has 1 saturated heterocycles. The molecule has 1 saturated carbocycles. The summed E-state index contributed by atoms with van der Waals surface area (Å²) < 4.78 is 26.6. The van der Waals surface area contributed by atoms with Crippen LogP contribution in [0.15, 0.2) is 30.5 Å². The summed E-state index contributed by atoms with van der Waals surface area (Å²) in [6, 6.07) is 8.73. The largest absolute Gasteiger partial charge is 0.491 e. The van der Waals surface area contributed by atoms with Crippen LogP contribution < -0.4 is 15.0 Å². The smallest absolute Gasteiger partial charge is 0.407 e. The SMILES string of the molecule is CC(C)c1cnn2c(N3CCOCC3)cc(-c3cc(OCC(CCOC(=O)NC(C)(C)C)O[Si](C)(C)C(C)(C)C)cc(C4CC4)c3)nc12. The summed E-state index contributed by atoms with van der Waals surface area (Å²) >= 11 is 0. The van der Waals surface area contributed by atoms with Crippen LogP contribution >= 0.6 is 0 Å². The molecule has 1 amide bonds. The minimum absolute atomic E-state index is 0.0276. The quantitative estimate of drug-likeness (QED) is 0.193. The molecule has 2 aromatic heterocycles. The highest BCUT2D eigenvalue weighted by atomic mass is 28.4. The second-order valence-electron chi connectivity index (χ2n) is 16.3. The van der Waals surface area contributed by atoms with Gasteiger partial charge in [-0.2, -0.15) is 9.61 Å². The van der Waals surface area contributed by atoms with E-state index in [4.69, 9.17) is 28.7 Å². The lowest BCUT2D eigenvalue weighted by molar-refractivity contribution is 0.0766. The van der Waals surface area contributed by atoms with Crippen molar-refractivity contribution in [1.29, 1.82) is 0 Å². The van der Waals surface area contributed by atoms with E-state index in [1.165, 1.54) is 18.4 Å². The minimum Gasteiger partial charge on any atom is -0.491 e. The fourth-order valence-electron chi connectivity index (χ4n) is 5.63. The second kappa shape index (κ2) is 14.4. The molecule has 1 atom stereocenters. The van der Waals surface area contributed by atoms with Crippen LogP contribution in [0.2, 0.25) is 18.1 Å². The maximum atomic E-state index is 12.4. The maximum Gasteiger partial charge on any atom is 0.407 e. The summed E-state index contributed by atoms with van der Waals surface area (Å²) in [4.78, 5) is 19.9. The van der Waals surface area contributed by atoms with E-state index in [1.54, 1.807) is 0 Å². The molecule has 1 aromatic carbocycles. The maximum absolute atomic E-state index is 12.4. The third kappa shape index (κ3) is 9.09. The van der Waals surface area contributed by atoms with Gasteiger partial charge in [-0.15, -0.1) is 0 Å². The number of ether oxygens (including phenoxy) is 3. The molecule has 1 aliphatic carbocycles. The van der Waals surface area contributed by atoms with E-state index in [9.17, 15) is 4.79 Å². The van der Waals surface area contributed by atoms with E-state index in [0.717, 1.165) is 47.1 Å². The van der Waals surface area contributed by atoms with Gasteiger partial charge in [-0.1, -0.05) is 34.6 Å². The molecule has 3 aromatic rings. The van der Waals surface area contributed by atoms with Crippen molar-refractivity contribution >= 4 is 25.9 Å². The molecule has 0 bridgehead atoms. The van der Waals surface area contributed by atoms with Gasteiger partial charge in [0, 0.05) is 42.2 Å².